The zero-order chi connectivity index (χ0) is 16.5. The average Bonchev–Trinajstić information content (AvgIpc) is 2.87. The second kappa shape index (κ2) is 5.93. The molecule has 120 valence electrons. The molecule has 0 aromatic heterocycles. The van der Waals surface area contributed by atoms with Crippen molar-refractivity contribution in [2.75, 3.05) is 25.7 Å². The first-order valence-electron chi connectivity index (χ1n) is 6.36. The minimum Gasteiger partial charge on any atom is -0.495 e. The van der Waals surface area contributed by atoms with Gasteiger partial charge in [0.15, 0.2) is 0 Å². The molecule has 2 N–H and O–H groups in total. The van der Waals surface area contributed by atoms with Crippen molar-refractivity contribution >= 4 is 27.6 Å². The Bertz CT molecular complexity index is 715. The highest BCUT2D eigenvalue weighted by Gasteiger charge is 2.38. The summed E-state index contributed by atoms with van der Waals surface area (Å²) in [7, 11) is -1.17. The molecule has 1 aromatic rings. The highest BCUT2D eigenvalue weighted by atomic mass is 32.2. The molecule has 1 atom stereocenters. The molecular formula is C13H16N2O6S. The van der Waals surface area contributed by atoms with Crippen LogP contribution in [-0.4, -0.2) is 46.3 Å². The van der Waals surface area contributed by atoms with Gasteiger partial charge in [0.1, 0.15) is 11.0 Å². The molecule has 0 radical (unpaired) electrons. The summed E-state index contributed by atoms with van der Waals surface area (Å²) in [6, 6.07) is 4.43. The smallest absolute Gasteiger partial charge is 0.337 e. The van der Waals surface area contributed by atoms with Crippen LogP contribution in [0.15, 0.2) is 18.2 Å². The lowest BCUT2D eigenvalue weighted by Crippen LogP contribution is -2.32. The number of methoxy groups -OCH3 is 2. The van der Waals surface area contributed by atoms with Gasteiger partial charge in [0.05, 0.1) is 25.5 Å². The van der Waals surface area contributed by atoms with E-state index in [2.05, 4.69) is 4.74 Å². The fourth-order valence-corrected chi connectivity index (χ4v) is 3.01. The number of rotatable bonds is 4. The number of sulfonamides is 1. The maximum Gasteiger partial charge on any atom is 0.337 e. The second-order valence-electron chi connectivity index (χ2n) is 4.80. The van der Waals surface area contributed by atoms with Gasteiger partial charge in [-0.05, 0) is 18.2 Å². The normalized spacial score (nSPS) is 18.4. The van der Waals surface area contributed by atoms with Crippen LogP contribution in [0, 0.1) is 0 Å². The molecule has 0 aliphatic carbocycles. The third kappa shape index (κ3) is 3.04. The number of nitrogens with two attached hydrogens (primary N) is 1. The van der Waals surface area contributed by atoms with E-state index in [1.165, 1.54) is 37.3 Å². The molecule has 1 aliphatic rings. The number of primary sulfonamides is 1. The van der Waals surface area contributed by atoms with Gasteiger partial charge >= 0.3 is 5.97 Å². The van der Waals surface area contributed by atoms with Crippen molar-refractivity contribution in [1.29, 1.82) is 0 Å². The standard InChI is InChI=1S/C13H16N2O6S/c1-20-11-4-3-8(13(17)21-2)5-10(11)15-7-9(6-12(15)16)22(14,18)19/h3-5,9H,6-7H2,1-2H3,(H2,14,18,19). The number of amides is 1. The summed E-state index contributed by atoms with van der Waals surface area (Å²) in [6.45, 7) is -0.0847. The molecule has 2 rings (SSSR count). The van der Waals surface area contributed by atoms with Crippen LogP contribution in [0.5, 0.6) is 5.75 Å². The predicted octanol–water partition coefficient (Wildman–Crippen LogP) is -0.124. The first-order valence-corrected chi connectivity index (χ1v) is 7.97. The maximum absolute atomic E-state index is 12.1. The Hall–Kier alpha value is -2.13. The monoisotopic (exact) mass is 328 g/mol. The van der Waals surface area contributed by atoms with Crippen molar-refractivity contribution in [2.24, 2.45) is 5.14 Å². The highest BCUT2D eigenvalue weighted by Crippen LogP contribution is 2.33. The molecule has 1 heterocycles. The van der Waals surface area contributed by atoms with Crippen molar-refractivity contribution in [3.8, 4) is 5.75 Å². The van der Waals surface area contributed by atoms with Crippen LogP contribution in [0.3, 0.4) is 0 Å². The van der Waals surface area contributed by atoms with Gasteiger partial charge in [-0.1, -0.05) is 0 Å². The number of nitrogens with zero attached hydrogens (tertiary/aromatic N) is 1. The summed E-state index contributed by atoms with van der Waals surface area (Å²) >= 11 is 0. The van der Waals surface area contributed by atoms with E-state index >= 15 is 0 Å². The van der Waals surface area contributed by atoms with E-state index in [-0.39, 0.29) is 18.5 Å². The van der Waals surface area contributed by atoms with Gasteiger partial charge in [0, 0.05) is 13.0 Å². The largest absolute Gasteiger partial charge is 0.495 e. The summed E-state index contributed by atoms with van der Waals surface area (Å²) < 4.78 is 32.7. The van der Waals surface area contributed by atoms with Crippen molar-refractivity contribution in [1.82, 2.24) is 0 Å². The van der Waals surface area contributed by atoms with Crippen LogP contribution >= 0.6 is 0 Å². The van der Waals surface area contributed by atoms with Gasteiger partial charge in [-0.25, -0.2) is 18.4 Å². The topological polar surface area (TPSA) is 116 Å². The second-order valence-corrected chi connectivity index (χ2v) is 6.64. The SMILES string of the molecule is COC(=O)c1ccc(OC)c(N2CC(S(N)(=O)=O)CC2=O)c1. The molecule has 9 heteroatoms. The minimum atomic E-state index is -3.82. The fourth-order valence-electron chi connectivity index (χ4n) is 2.27. The Kier molecular flexibility index (Phi) is 4.38. The zero-order valence-electron chi connectivity index (χ0n) is 12.1. The highest BCUT2D eigenvalue weighted by molar-refractivity contribution is 7.89. The zero-order valence-corrected chi connectivity index (χ0v) is 12.9. The summed E-state index contributed by atoms with van der Waals surface area (Å²) in [5.41, 5.74) is 0.534. The first kappa shape index (κ1) is 16.2. The van der Waals surface area contributed by atoms with Crippen LogP contribution in [0.4, 0.5) is 5.69 Å². The Morgan fingerprint density at radius 3 is 2.55 bits per heavy atom. The van der Waals surface area contributed by atoms with Crippen LogP contribution in [0.25, 0.3) is 0 Å². The Balaban J connectivity index is 2.43. The number of ether oxygens (including phenoxy) is 2. The number of carbonyl (C=O) groups is 2. The average molecular weight is 328 g/mol. The van der Waals surface area contributed by atoms with Crippen LogP contribution in [0.2, 0.25) is 0 Å². The molecule has 1 saturated heterocycles. The number of hydrogen-bond donors (Lipinski definition) is 1. The number of anilines is 1. The van der Waals surface area contributed by atoms with Crippen molar-refractivity contribution in [3.05, 3.63) is 23.8 Å². The third-order valence-corrected chi connectivity index (χ3v) is 4.69. The fraction of sp³-hybridized carbons (Fsp3) is 0.385. The molecule has 1 unspecified atom stereocenters. The van der Waals surface area contributed by atoms with Crippen LogP contribution in [0.1, 0.15) is 16.8 Å². The van der Waals surface area contributed by atoms with E-state index in [9.17, 15) is 18.0 Å². The molecular weight excluding hydrogens is 312 g/mol. The summed E-state index contributed by atoms with van der Waals surface area (Å²) in [6.07, 6.45) is -0.204. The summed E-state index contributed by atoms with van der Waals surface area (Å²) in [5, 5.41) is 4.12. The van der Waals surface area contributed by atoms with E-state index < -0.39 is 27.1 Å². The number of hydrogen-bond acceptors (Lipinski definition) is 6. The molecule has 0 saturated carbocycles. The van der Waals surface area contributed by atoms with Crippen molar-refractivity contribution < 1.29 is 27.5 Å². The van der Waals surface area contributed by atoms with Gasteiger partial charge in [0.2, 0.25) is 15.9 Å². The molecule has 0 spiro atoms. The number of benzene rings is 1. The summed E-state index contributed by atoms with van der Waals surface area (Å²) in [5.74, 6) is -0.631. The molecule has 0 bridgehead atoms. The van der Waals surface area contributed by atoms with Crippen LogP contribution in [-0.2, 0) is 19.6 Å². The Morgan fingerprint density at radius 1 is 1.36 bits per heavy atom. The number of carbonyl (C=O) groups excluding carboxylic acids is 2. The minimum absolute atomic E-state index is 0.0847. The van der Waals surface area contributed by atoms with Crippen LogP contribution < -0.4 is 14.8 Å². The van der Waals surface area contributed by atoms with E-state index in [1.54, 1.807) is 0 Å². The van der Waals surface area contributed by atoms with Gasteiger partial charge in [0.25, 0.3) is 0 Å². The molecule has 1 aliphatic heterocycles. The molecule has 22 heavy (non-hydrogen) atoms. The molecule has 1 aromatic carbocycles. The van der Waals surface area contributed by atoms with E-state index in [1.807, 2.05) is 0 Å². The van der Waals surface area contributed by atoms with Gasteiger partial charge in [-0.2, -0.15) is 0 Å². The lowest BCUT2D eigenvalue weighted by Gasteiger charge is -2.20. The molecule has 1 amide bonds. The van der Waals surface area contributed by atoms with Gasteiger partial charge < -0.3 is 14.4 Å². The third-order valence-electron chi connectivity index (χ3n) is 3.44. The molecule has 8 nitrogen and oxygen atoms in total. The molecule has 1 fully saturated rings. The van der Waals surface area contributed by atoms with Gasteiger partial charge in [-0.3, -0.25) is 4.79 Å². The van der Waals surface area contributed by atoms with E-state index in [4.69, 9.17) is 9.88 Å². The lowest BCUT2D eigenvalue weighted by molar-refractivity contribution is -0.117. The Labute approximate surface area is 127 Å². The maximum atomic E-state index is 12.1. The predicted molar refractivity (Wildman–Crippen MR) is 78.2 cm³/mol. The quantitative estimate of drug-likeness (QED) is 0.770. The van der Waals surface area contributed by atoms with Crippen molar-refractivity contribution in [3.63, 3.8) is 0 Å². The van der Waals surface area contributed by atoms with Gasteiger partial charge in [-0.15, -0.1) is 0 Å². The number of esters is 1. The van der Waals surface area contributed by atoms with Crippen molar-refractivity contribution in [2.45, 2.75) is 11.7 Å². The van der Waals surface area contributed by atoms with E-state index in [0.717, 1.165) is 0 Å². The Morgan fingerprint density at radius 2 is 2.05 bits per heavy atom. The lowest BCUT2D eigenvalue weighted by atomic mass is 10.1. The summed E-state index contributed by atoms with van der Waals surface area (Å²) in [4.78, 5) is 24.9. The van der Waals surface area contributed by atoms with E-state index in [0.29, 0.717) is 11.4 Å². The first-order chi connectivity index (χ1) is 10.3.